The molecule has 120 valence electrons. The van der Waals surface area contributed by atoms with Crippen molar-refractivity contribution in [3.63, 3.8) is 0 Å². The molecular weight excluding hydrogens is 302 g/mol. The molecule has 0 aliphatic rings. The van der Waals surface area contributed by atoms with E-state index in [4.69, 9.17) is 4.74 Å². The molecule has 5 nitrogen and oxygen atoms in total. The SMILES string of the molecule is COC(=O)Cn1c2cc(C)ccc2n2c(-c3ccccc3)cnc12. The van der Waals surface area contributed by atoms with Crippen molar-refractivity contribution in [1.82, 2.24) is 14.0 Å². The second-order valence-electron chi connectivity index (χ2n) is 5.80. The minimum absolute atomic E-state index is 0.137. The quantitative estimate of drug-likeness (QED) is 0.544. The summed E-state index contributed by atoms with van der Waals surface area (Å²) in [6, 6.07) is 16.3. The Morgan fingerprint density at radius 2 is 1.92 bits per heavy atom. The summed E-state index contributed by atoms with van der Waals surface area (Å²) in [6.45, 7) is 2.17. The molecule has 0 fully saturated rings. The lowest BCUT2D eigenvalue weighted by atomic mass is 10.1. The summed E-state index contributed by atoms with van der Waals surface area (Å²) >= 11 is 0. The number of carbonyl (C=O) groups excluding carboxylic acids is 1. The maximum Gasteiger partial charge on any atom is 0.325 e. The van der Waals surface area contributed by atoms with Gasteiger partial charge in [0.15, 0.2) is 0 Å². The van der Waals surface area contributed by atoms with Crippen LogP contribution >= 0.6 is 0 Å². The van der Waals surface area contributed by atoms with Gasteiger partial charge in [-0.05, 0) is 24.6 Å². The van der Waals surface area contributed by atoms with Crippen LogP contribution in [0.4, 0.5) is 0 Å². The maximum absolute atomic E-state index is 11.8. The highest BCUT2D eigenvalue weighted by Gasteiger charge is 2.18. The molecule has 4 rings (SSSR count). The first-order valence-corrected chi connectivity index (χ1v) is 7.77. The number of carbonyl (C=O) groups is 1. The highest BCUT2D eigenvalue weighted by Crippen LogP contribution is 2.28. The van der Waals surface area contributed by atoms with E-state index in [1.807, 2.05) is 35.9 Å². The van der Waals surface area contributed by atoms with Crippen molar-refractivity contribution in [1.29, 1.82) is 0 Å². The second-order valence-corrected chi connectivity index (χ2v) is 5.80. The third kappa shape index (κ3) is 2.17. The Morgan fingerprint density at radius 1 is 1.12 bits per heavy atom. The van der Waals surface area contributed by atoms with Crippen LogP contribution in [-0.4, -0.2) is 27.0 Å². The predicted molar refractivity (Wildman–Crippen MR) is 92.9 cm³/mol. The van der Waals surface area contributed by atoms with Crippen LogP contribution in [0.3, 0.4) is 0 Å². The molecule has 0 amide bonds. The first kappa shape index (κ1) is 14.5. The van der Waals surface area contributed by atoms with E-state index in [1.54, 1.807) is 0 Å². The predicted octanol–water partition coefficient (Wildman–Crippen LogP) is 3.44. The van der Waals surface area contributed by atoms with Gasteiger partial charge in [-0.2, -0.15) is 0 Å². The Bertz CT molecular complexity index is 1040. The van der Waals surface area contributed by atoms with Crippen molar-refractivity contribution >= 4 is 22.8 Å². The van der Waals surface area contributed by atoms with Crippen LogP contribution in [0.25, 0.3) is 28.1 Å². The molecule has 0 aliphatic carbocycles. The number of rotatable bonds is 3. The molecule has 24 heavy (non-hydrogen) atoms. The molecular formula is C19H17N3O2. The fourth-order valence-electron chi connectivity index (χ4n) is 3.08. The highest BCUT2D eigenvalue weighted by molar-refractivity contribution is 5.86. The summed E-state index contributed by atoms with van der Waals surface area (Å²) in [7, 11) is 1.40. The summed E-state index contributed by atoms with van der Waals surface area (Å²) in [5, 5.41) is 0. The summed E-state index contributed by atoms with van der Waals surface area (Å²) in [6.07, 6.45) is 1.84. The molecule has 0 N–H and O–H groups in total. The van der Waals surface area contributed by atoms with Crippen molar-refractivity contribution in [3.8, 4) is 11.3 Å². The minimum atomic E-state index is -0.292. The average molecular weight is 319 g/mol. The molecule has 0 unspecified atom stereocenters. The van der Waals surface area contributed by atoms with Crippen LogP contribution in [-0.2, 0) is 16.1 Å². The molecule has 0 aliphatic heterocycles. The van der Waals surface area contributed by atoms with Gasteiger partial charge in [-0.15, -0.1) is 0 Å². The fraction of sp³-hybridized carbons (Fsp3) is 0.158. The number of hydrogen-bond donors (Lipinski definition) is 0. The molecule has 0 saturated heterocycles. The summed E-state index contributed by atoms with van der Waals surface area (Å²) < 4.78 is 8.84. The number of aromatic nitrogens is 3. The van der Waals surface area contributed by atoms with Gasteiger partial charge in [0.05, 0.1) is 30.0 Å². The first-order valence-electron chi connectivity index (χ1n) is 7.77. The van der Waals surface area contributed by atoms with E-state index in [9.17, 15) is 4.79 Å². The Kier molecular flexibility index (Phi) is 3.34. The molecule has 2 aromatic carbocycles. The maximum atomic E-state index is 11.8. The van der Waals surface area contributed by atoms with Crippen molar-refractivity contribution in [3.05, 3.63) is 60.3 Å². The Labute approximate surface area is 139 Å². The monoisotopic (exact) mass is 319 g/mol. The number of methoxy groups -OCH3 is 1. The van der Waals surface area contributed by atoms with Crippen molar-refractivity contribution in [2.45, 2.75) is 13.5 Å². The summed E-state index contributed by atoms with van der Waals surface area (Å²) in [5.41, 5.74) is 5.22. The molecule has 0 atom stereocenters. The van der Waals surface area contributed by atoms with E-state index in [2.05, 4.69) is 39.7 Å². The third-order valence-corrected chi connectivity index (χ3v) is 4.23. The molecule has 4 aromatic rings. The number of fused-ring (bicyclic) bond motifs is 3. The van der Waals surface area contributed by atoms with Crippen LogP contribution in [0, 0.1) is 6.92 Å². The van der Waals surface area contributed by atoms with Gasteiger partial charge >= 0.3 is 5.97 Å². The number of ether oxygens (including phenoxy) is 1. The van der Waals surface area contributed by atoms with Gasteiger partial charge in [0.1, 0.15) is 6.54 Å². The lowest BCUT2D eigenvalue weighted by molar-refractivity contribution is -0.141. The molecule has 0 bridgehead atoms. The van der Waals surface area contributed by atoms with E-state index < -0.39 is 0 Å². The molecule has 2 aromatic heterocycles. The van der Waals surface area contributed by atoms with E-state index >= 15 is 0 Å². The van der Waals surface area contributed by atoms with E-state index in [-0.39, 0.29) is 12.5 Å². The van der Waals surface area contributed by atoms with Gasteiger partial charge in [-0.3, -0.25) is 13.8 Å². The zero-order chi connectivity index (χ0) is 16.7. The Hall–Kier alpha value is -3.08. The van der Waals surface area contributed by atoms with Gasteiger partial charge < -0.3 is 4.74 Å². The molecule has 5 heteroatoms. The largest absolute Gasteiger partial charge is 0.468 e. The van der Waals surface area contributed by atoms with Gasteiger partial charge in [0.25, 0.3) is 0 Å². The smallest absolute Gasteiger partial charge is 0.325 e. The van der Waals surface area contributed by atoms with E-state index in [0.29, 0.717) is 0 Å². The molecule has 0 spiro atoms. The van der Waals surface area contributed by atoms with Crippen LogP contribution in [0.1, 0.15) is 5.56 Å². The van der Waals surface area contributed by atoms with Gasteiger partial charge in [-0.1, -0.05) is 36.4 Å². The van der Waals surface area contributed by atoms with Crippen molar-refractivity contribution < 1.29 is 9.53 Å². The first-order chi connectivity index (χ1) is 11.7. The van der Waals surface area contributed by atoms with Crippen LogP contribution < -0.4 is 0 Å². The Balaban J connectivity index is 2.05. The second kappa shape index (κ2) is 5.53. The number of benzene rings is 2. The normalized spacial score (nSPS) is 11.2. The van der Waals surface area contributed by atoms with Crippen molar-refractivity contribution in [2.24, 2.45) is 0 Å². The van der Waals surface area contributed by atoms with E-state index in [0.717, 1.165) is 33.6 Å². The van der Waals surface area contributed by atoms with Gasteiger partial charge in [0, 0.05) is 5.56 Å². The third-order valence-electron chi connectivity index (χ3n) is 4.23. The number of esters is 1. The van der Waals surface area contributed by atoms with Gasteiger partial charge in [0.2, 0.25) is 5.78 Å². The number of nitrogens with zero attached hydrogens (tertiary/aromatic N) is 3. The number of imidazole rings is 2. The van der Waals surface area contributed by atoms with E-state index in [1.165, 1.54) is 7.11 Å². The van der Waals surface area contributed by atoms with Gasteiger partial charge in [-0.25, -0.2) is 4.98 Å². The summed E-state index contributed by atoms with van der Waals surface area (Å²) in [5.74, 6) is 0.444. The zero-order valence-electron chi connectivity index (χ0n) is 13.6. The molecule has 0 radical (unpaired) electrons. The van der Waals surface area contributed by atoms with Crippen LogP contribution in [0.15, 0.2) is 54.7 Å². The lowest BCUT2D eigenvalue weighted by Crippen LogP contribution is -2.11. The Morgan fingerprint density at radius 3 is 2.67 bits per heavy atom. The zero-order valence-corrected chi connectivity index (χ0v) is 13.6. The molecule has 2 heterocycles. The van der Waals surface area contributed by atoms with Crippen LogP contribution in [0.5, 0.6) is 0 Å². The topological polar surface area (TPSA) is 48.5 Å². The highest BCUT2D eigenvalue weighted by atomic mass is 16.5. The molecule has 0 saturated carbocycles. The standard InChI is InChI=1S/C19H17N3O2/c1-13-8-9-15-16(10-13)21(12-18(23)24-2)19-20-11-17(22(15)19)14-6-4-3-5-7-14/h3-11H,12H2,1-2H3. The number of aryl methyl sites for hydroxylation is 1. The minimum Gasteiger partial charge on any atom is -0.468 e. The summed E-state index contributed by atoms with van der Waals surface area (Å²) in [4.78, 5) is 16.4. The lowest BCUT2D eigenvalue weighted by Gasteiger charge is -2.03. The fourth-order valence-corrected chi connectivity index (χ4v) is 3.08. The number of hydrogen-bond acceptors (Lipinski definition) is 3. The average Bonchev–Trinajstić information content (AvgIpc) is 3.15. The van der Waals surface area contributed by atoms with Crippen molar-refractivity contribution in [2.75, 3.05) is 7.11 Å². The van der Waals surface area contributed by atoms with Crippen LogP contribution in [0.2, 0.25) is 0 Å².